The summed E-state index contributed by atoms with van der Waals surface area (Å²) in [5.41, 5.74) is 0. The summed E-state index contributed by atoms with van der Waals surface area (Å²) in [6.07, 6.45) is 6.91. The molecule has 0 aromatic rings. The highest BCUT2D eigenvalue weighted by Gasteiger charge is 2.47. The van der Waals surface area contributed by atoms with Crippen LogP contribution >= 0.6 is 0 Å². The molecule has 0 radical (unpaired) electrons. The van der Waals surface area contributed by atoms with Gasteiger partial charge >= 0.3 is 0 Å². The maximum absolute atomic E-state index is 12.0. The van der Waals surface area contributed by atoms with Gasteiger partial charge in [-0.15, -0.1) is 0 Å². The minimum Gasteiger partial charge on any atom is -0.347 e. The van der Waals surface area contributed by atoms with E-state index >= 15 is 0 Å². The van der Waals surface area contributed by atoms with Crippen LogP contribution in [0, 0.1) is 5.92 Å². The minimum absolute atomic E-state index is 0.00435. The molecule has 2 rings (SSSR count). The van der Waals surface area contributed by atoms with Crippen LogP contribution in [0.3, 0.4) is 0 Å². The van der Waals surface area contributed by atoms with Crippen molar-refractivity contribution in [3.63, 3.8) is 0 Å². The van der Waals surface area contributed by atoms with Crippen molar-refractivity contribution in [1.29, 1.82) is 0 Å². The highest BCUT2D eigenvalue weighted by molar-refractivity contribution is 5.82. The Balaban J connectivity index is 2.07. The zero-order valence-corrected chi connectivity index (χ0v) is 10.2. The number of Topliss-reactive ketones (excluding diaryl/α,β-unsaturated/α-hetero) is 1. The molecule has 1 saturated carbocycles. The van der Waals surface area contributed by atoms with Crippen molar-refractivity contribution in [3.05, 3.63) is 0 Å². The average Bonchev–Trinajstić information content (AvgIpc) is 2.77. The third-order valence-corrected chi connectivity index (χ3v) is 3.74. The normalized spacial score (nSPS) is 29.6. The molecular weight excluding hydrogens is 204 g/mol. The van der Waals surface area contributed by atoms with Crippen molar-refractivity contribution < 1.29 is 14.3 Å². The van der Waals surface area contributed by atoms with Crippen LogP contribution in [0.4, 0.5) is 0 Å². The number of ketones is 1. The average molecular weight is 226 g/mol. The van der Waals surface area contributed by atoms with E-state index < -0.39 is 5.79 Å². The van der Waals surface area contributed by atoms with Gasteiger partial charge in [0.05, 0.1) is 19.1 Å². The maximum atomic E-state index is 12.0. The van der Waals surface area contributed by atoms with Crippen LogP contribution in [0.25, 0.3) is 0 Å². The predicted molar refractivity (Wildman–Crippen MR) is 61.1 cm³/mol. The topological polar surface area (TPSA) is 35.5 Å². The Kier molecular flexibility index (Phi) is 3.98. The molecule has 0 unspecified atom stereocenters. The fourth-order valence-corrected chi connectivity index (χ4v) is 2.86. The van der Waals surface area contributed by atoms with Crippen molar-refractivity contribution in [3.8, 4) is 0 Å². The molecule has 1 atom stereocenters. The molecule has 0 bridgehead atoms. The van der Waals surface area contributed by atoms with Gasteiger partial charge in [0.2, 0.25) is 0 Å². The van der Waals surface area contributed by atoms with E-state index in [1.165, 1.54) is 0 Å². The van der Waals surface area contributed by atoms with Crippen LogP contribution in [-0.2, 0) is 14.3 Å². The number of carbonyl (C=O) groups is 1. The van der Waals surface area contributed by atoms with Crippen LogP contribution in [0.1, 0.15) is 51.9 Å². The van der Waals surface area contributed by atoms with Crippen LogP contribution in [0.15, 0.2) is 0 Å². The molecule has 2 fully saturated rings. The van der Waals surface area contributed by atoms with Gasteiger partial charge in [0.25, 0.3) is 0 Å². The summed E-state index contributed by atoms with van der Waals surface area (Å²) in [5.74, 6) is -0.215. The second kappa shape index (κ2) is 5.28. The predicted octanol–water partition coefficient (Wildman–Crippen LogP) is 2.68. The van der Waals surface area contributed by atoms with Crippen LogP contribution in [-0.4, -0.2) is 24.8 Å². The molecule has 1 aliphatic carbocycles. The summed E-state index contributed by atoms with van der Waals surface area (Å²) in [7, 11) is 0. The molecule has 0 N–H and O–H groups in total. The lowest BCUT2D eigenvalue weighted by molar-refractivity contribution is -0.205. The van der Waals surface area contributed by atoms with Crippen molar-refractivity contribution in [2.75, 3.05) is 13.2 Å². The van der Waals surface area contributed by atoms with Crippen molar-refractivity contribution in [2.45, 2.75) is 57.7 Å². The largest absolute Gasteiger partial charge is 0.347 e. The van der Waals surface area contributed by atoms with Crippen molar-refractivity contribution in [2.24, 2.45) is 5.92 Å². The SMILES string of the molecule is CCCCC1([C@H]2CCCCC2=O)OCCO1. The fourth-order valence-electron chi connectivity index (χ4n) is 2.86. The molecule has 1 saturated heterocycles. The van der Waals surface area contributed by atoms with E-state index in [1.54, 1.807) is 0 Å². The third kappa shape index (κ3) is 2.30. The Bertz CT molecular complexity index is 244. The van der Waals surface area contributed by atoms with Gasteiger partial charge in [-0.2, -0.15) is 0 Å². The Morgan fingerprint density at radius 1 is 1.31 bits per heavy atom. The first-order chi connectivity index (χ1) is 7.78. The summed E-state index contributed by atoms with van der Waals surface area (Å²) in [6.45, 7) is 3.45. The lowest BCUT2D eigenvalue weighted by Gasteiger charge is -2.36. The molecule has 16 heavy (non-hydrogen) atoms. The molecule has 0 aromatic carbocycles. The van der Waals surface area contributed by atoms with Crippen molar-refractivity contribution >= 4 is 5.78 Å². The van der Waals surface area contributed by atoms with Gasteiger partial charge < -0.3 is 9.47 Å². The maximum Gasteiger partial charge on any atom is 0.178 e. The Morgan fingerprint density at radius 3 is 2.69 bits per heavy atom. The molecule has 92 valence electrons. The Morgan fingerprint density at radius 2 is 2.06 bits per heavy atom. The molecule has 0 aromatic heterocycles. The summed E-state index contributed by atoms with van der Waals surface area (Å²) >= 11 is 0. The van der Waals surface area contributed by atoms with Gasteiger partial charge in [-0.1, -0.05) is 19.8 Å². The van der Waals surface area contributed by atoms with Gasteiger partial charge in [0, 0.05) is 12.8 Å². The van der Waals surface area contributed by atoms with Gasteiger partial charge in [0.1, 0.15) is 5.78 Å². The highest BCUT2D eigenvalue weighted by Crippen LogP contribution is 2.39. The summed E-state index contributed by atoms with van der Waals surface area (Å²) in [4.78, 5) is 12.0. The first kappa shape index (κ1) is 12.1. The number of hydrogen-bond donors (Lipinski definition) is 0. The van der Waals surface area contributed by atoms with Gasteiger partial charge in [-0.05, 0) is 19.3 Å². The number of hydrogen-bond acceptors (Lipinski definition) is 3. The first-order valence-corrected chi connectivity index (χ1v) is 6.59. The van der Waals surface area contributed by atoms with E-state index in [1.807, 2.05) is 0 Å². The lowest BCUT2D eigenvalue weighted by atomic mass is 9.80. The monoisotopic (exact) mass is 226 g/mol. The zero-order valence-electron chi connectivity index (χ0n) is 10.2. The lowest BCUT2D eigenvalue weighted by Crippen LogP contribution is -2.44. The number of carbonyl (C=O) groups excluding carboxylic acids is 1. The molecule has 2 aliphatic rings. The van der Waals surface area contributed by atoms with Crippen LogP contribution in [0.2, 0.25) is 0 Å². The Labute approximate surface area is 97.5 Å². The second-order valence-corrected chi connectivity index (χ2v) is 4.88. The smallest absolute Gasteiger partial charge is 0.178 e. The van der Waals surface area contributed by atoms with Crippen molar-refractivity contribution in [1.82, 2.24) is 0 Å². The fraction of sp³-hybridized carbons (Fsp3) is 0.923. The quantitative estimate of drug-likeness (QED) is 0.739. The van der Waals surface area contributed by atoms with Crippen LogP contribution < -0.4 is 0 Å². The first-order valence-electron chi connectivity index (χ1n) is 6.59. The Hall–Kier alpha value is -0.410. The molecule has 1 heterocycles. The molecule has 0 spiro atoms. The van der Waals surface area contributed by atoms with Gasteiger partial charge in [0.15, 0.2) is 5.79 Å². The van der Waals surface area contributed by atoms with E-state index in [9.17, 15) is 4.79 Å². The zero-order chi connectivity index (χ0) is 11.4. The second-order valence-electron chi connectivity index (χ2n) is 4.88. The number of rotatable bonds is 4. The molecule has 0 amide bonds. The third-order valence-electron chi connectivity index (χ3n) is 3.74. The summed E-state index contributed by atoms with van der Waals surface area (Å²) < 4.78 is 11.6. The van der Waals surface area contributed by atoms with Crippen LogP contribution in [0.5, 0.6) is 0 Å². The summed E-state index contributed by atoms with van der Waals surface area (Å²) in [5, 5.41) is 0. The number of unbranched alkanes of at least 4 members (excludes halogenated alkanes) is 1. The van der Waals surface area contributed by atoms with Gasteiger partial charge in [-0.25, -0.2) is 0 Å². The molecule has 3 nitrogen and oxygen atoms in total. The van der Waals surface area contributed by atoms with E-state index in [-0.39, 0.29) is 5.92 Å². The van der Waals surface area contributed by atoms with Gasteiger partial charge in [-0.3, -0.25) is 4.79 Å². The van der Waals surface area contributed by atoms with E-state index in [2.05, 4.69) is 6.92 Å². The minimum atomic E-state index is -0.562. The highest BCUT2D eigenvalue weighted by atomic mass is 16.7. The molecule has 3 heteroatoms. The standard InChI is InChI=1S/C13H22O3/c1-2-3-8-13(15-9-10-16-13)11-6-4-5-7-12(11)14/h11H,2-10H2,1H3/t11-/m0/s1. The van der Waals surface area contributed by atoms with E-state index in [0.29, 0.717) is 25.4 Å². The van der Waals surface area contributed by atoms with E-state index in [4.69, 9.17) is 9.47 Å². The molecular formula is C13H22O3. The summed E-state index contributed by atoms with van der Waals surface area (Å²) in [6, 6.07) is 0. The van der Waals surface area contributed by atoms with E-state index in [0.717, 1.165) is 38.5 Å². The number of ether oxygens (including phenoxy) is 2. The molecule has 1 aliphatic heterocycles.